The Morgan fingerprint density at radius 2 is 2.22 bits per heavy atom. The van der Waals surface area contributed by atoms with E-state index in [9.17, 15) is 13.2 Å². The van der Waals surface area contributed by atoms with Crippen molar-refractivity contribution >= 4 is 16.2 Å². The van der Waals surface area contributed by atoms with Gasteiger partial charge in [0.15, 0.2) is 0 Å². The van der Waals surface area contributed by atoms with E-state index < -0.39 is 22.2 Å². The first-order chi connectivity index (χ1) is 10.8. The molecule has 0 saturated heterocycles. The molecule has 0 aliphatic heterocycles. The van der Waals surface area contributed by atoms with Gasteiger partial charge < -0.3 is 9.84 Å². The summed E-state index contributed by atoms with van der Waals surface area (Å²) in [4.78, 5) is 11.1. The minimum Gasteiger partial charge on any atom is -0.478 e. The fourth-order valence-electron chi connectivity index (χ4n) is 2.66. The van der Waals surface area contributed by atoms with Crippen molar-refractivity contribution in [3.05, 3.63) is 34.9 Å². The maximum absolute atomic E-state index is 12.4. The number of nitrogens with one attached hydrogen (secondary N) is 1. The Morgan fingerprint density at radius 1 is 1.48 bits per heavy atom. The monoisotopic (exact) mass is 342 g/mol. The standard InChI is InChI=1S/C15H22N2O5S/c1-17(8-9-22-2)23(20,21)16-14-5-3-4-11-6-7-12(15(18)19)10-13(11)14/h6-7,10,14,16H,3-5,8-9H2,1-2H3,(H,18,19). The molecule has 1 aliphatic rings. The second-order valence-corrected chi connectivity index (χ2v) is 7.41. The minimum absolute atomic E-state index is 0.169. The number of likely N-dealkylation sites (N-methyl/N-ethyl adjacent to an activating group) is 1. The number of carboxylic acid groups (broad SMARTS) is 1. The summed E-state index contributed by atoms with van der Waals surface area (Å²) in [5.74, 6) is -1.02. The number of methoxy groups -OCH3 is 1. The smallest absolute Gasteiger partial charge is 0.335 e. The zero-order chi connectivity index (χ0) is 17.0. The predicted molar refractivity (Wildman–Crippen MR) is 85.6 cm³/mol. The van der Waals surface area contributed by atoms with Crippen molar-refractivity contribution < 1.29 is 23.1 Å². The van der Waals surface area contributed by atoms with Gasteiger partial charge in [-0.1, -0.05) is 6.07 Å². The van der Waals surface area contributed by atoms with Crippen LogP contribution >= 0.6 is 0 Å². The Labute approximate surface area is 136 Å². The molecule has 0 saturated carbocycles. The number of carboxylic acids is 1. The summed E-state index contributed by atoms with van der Waals surface area (Å²) >= 11 is 0. The van der Waals surface area contributed by atoms with Crippen molar-refractivity contribution in [2.45, 2.75) is 25.3 Å². The van der Waals surface area contributed by atoms with E-state index in [0.717, 1.165) is 24.0 Å². The summed E-state index contributed by atoms with van der Waals surface area (Å²) in [6.45, 7) is 0.558. The zero-order valence-corrected chi connectivity index (χ0v) is 14.1. The zero-order valence-electron chi connectivity index (χ0n) is 13.3. The SMILES string of the molecule is COCCN(C)S(=O)(=O)NC1CCCc2ccc(C(=O)O)cc21. The largest absolute Gasteiger partial charge is 0.478 e. The van der Waals surface area contributed by atoms with Gasteiger partial charge in [0.05, 0.1) is 12.2 Å². The average molecular weight is 342 g/mol. The molecule has 0 bridgehead atoms. The lowest BCUT2D eigenvalue weighted by atomic mass is 9.87. The molecule has 0 aromatic heterocycles. The molecule has 1 aliphatic carbocycles. The number of aryl methyl sites for hydroxylation is 1. The van der Waals surface area contributed by atoms with E-state index in [2.05, 4.69) is 4.72 Å². The van der Waals surface area contributed by atoms with E-state index in [1.54, 1.807) is 18.2 Å². The molecule has 0 amide bonds. The van der Waals surface area contributed by atoms with Crippen LogP contribution in [0.3, 0.4) is 0 Å². The van der Waals surface area contributed by atoms with E-state index in [0.29, 0.717) is 13.0 Å². The number of fused-ring (bicyclic) bond motifs is 1. The van der Waals surface area contributed by atoms with Crippen LogP contribution in [0.25, 0.3) is 0 Å². The van der Waals surface area contributed by atoms with Gasteiger partial charge in [-0.15, -0.1) is 0 Å². The van der Waals surface area contributed by atoms with Crippen LogP contribution in [0.5, 0.6) is 0 Å². The number of benzene rings is 1. The van der Waals surface area contributed by atoms with Gasteiger partial charge in [0, 0.05) is 26.7 Å². The summed E-state index contributed by atoms with van der Waals surface area (Å²) in [6.07, 6.45) is 2.33. The number of carbonyl (C=O) groups is 1. The number of nitrogens with zero attached hydrogens (tertiary/aromatic N) is 1. The van der Waals surface area contributed by atoms with Gasteiger partial charge in [-0.2, -0.15) is 17.4 Å². The number of aromatic carboxylic acids is 1. The van der Waals surface area contributed by atoms with Gasteiger partial charge in [-0.25, -0.2) is 4.79 Å². The van der Waals surface area contributed by atoms with Gasteiger partial charge in [-0.05, 0) is 42.5 Å². The molecule has 128 valence electrons. The van der Waals surface area contributed by atoms with Gasteiger partial charge in [0.1, 0.15) is 0 Å². The van der Waals surface area contributed by atoms with Crippen LogP contribution in [-0.2, 0) is 21.4 Å². The third-order valence-corrected chi connectivity index (χ3v) is 5.60. The first-order valence-electron chi connectivity index (χ1n) is 7.44. The molecule has 23 heavy (non-hydrogen) atoms. The van der Waals surface area contributed by atoms with Crippen LogP contribution in [0.2, 0.25) is 0 Å². The minimum atomic E-state index is -3.65. The number of ether oxygens (including phenoxy) is 1. The molecule has 1 atom stereocenters. The maximum atomic E-state index is 12.4. The average Bonchev–Trinajstić information content (AvgIpc) is 2.52. The van der Waals surface area contributed by atoms with E-state index in [1.165, 1.54) is 18.5 Å². The summed E-state index contributed by atoms with van der Waals surface area (Å²) in [5.41, 5.74) is 1.91. The van der Waals surface area contributed by atoms with Crippen LogP contribution < -0.4 is 4.72 Å². The highest BCUT2D eigenvalue weighted by atomic mass is 32.2. The Hall–Kier alpha value is -1.48. The van der Waals surface area contributed by atoms with Crippen LogP contribution in [-0.4, -0.2) is 51.1 Å². The van der Waals surface area contributed by atoms with Crippen molar-refractivity contribution in [3.63, 3.8) is 0 Å². The van der Waals surface area contributed by atoms with E-state index in [-0.39, 0.29) is 12.1 Å². The van der Waals surface area contributed by atoms with Crippen LogP contribution in [0.4, 0.5) is 0 Å². The Bertz CT molecular complexity index is 674. The third-order valence-electron chi connectivity index (χ3n) is 4.02. The van der Waals surface area contributed by atoms with Gasteiger partial charge in [0.2, 0.25) is 0 Å². The van der Waals surface area contributed by atoms with E-state index >= 15 is 0 Å². The Balaban J connectivity index is 2.22. The molecule has 0 radical (unpaired) electrons. The molecule has 1 aromatic carbocycles. The molecular formula is C15H22N2O5S. The lowest BCUT2D eigenvalue weighted by Crippen LogP contribution is -2.42. The predicted octanol–water partition coefficient (Wildman–Crippen LogP) is 1.17. The summed E-state index contributed by atoms with van der Waals surface area (Å²) in [7, 11) is -0.655. The highest BCUT2D eigenvalue weighted by Crippen LogP contribution is 2.31. The van der Waals surface area contributed by atoms with Gasteiger partial charge in [0.25, 0.3) is 10.2 Å². The van der Waals surface area contributed by atoms with Crippen molar-refractivity contribution in [1.82, 2.24) is 9.03 Å². The summed E-state index contributed by atoms with van der Waals surface area (Å²) < 4.78 is 33.5. The molecule has 0 spiro atoms. The van der Waals surface area contributed by atoms with E-state index in [4.69, 9.17) is 9.84 Å². The fraction of sp³-hybridized carbons (Fsp3) is 0.533. The fourth-order valence-corrected chi connectivity index (χ4v) is 3.76. The molecular weight excluding hydrogens is 320 g/mol. The highest BCUT2D eigenvalue weighted by molar-refractivity contribution is 7.87. The number of hydrogen-bond donors (Lipinski definition) is 2. The quantitative estimate of drug-likeness (QED) is 0.775. The van der Waals surface area contributed by atoms with Crippen molar-refractivity contribution in [1.29, 1.82) is 0 Å². The second kappa shape index (κ2) is 7.39. The molecule has 8 heteroatoms. The molecule has 2 rings (SSSR count). The van der Waals surface area contributed by atoms with Gasteiger partial charge >= 0.3 is 5.97 Å². The maximum Gasteiger partial charge on any atom is 0.335 e. The number of rotatable bonds is 7. The normalized spacial score (nSPS) is 18.0. The molecule has 7 nitrogen and oxygen atoms in total. The molecule has 0 heterocycles. The second-order valence-electron chi connectivity index (χ2n) is 5.60. The first-order valence-corrected chi connectivity index (χ1v) is 8.88. The van der Waals surface area contributed by atoms with Crippen LogP contribution in [0.1, 0.15) is 40.4 Å². The lowest BCUT2D eigenvalue weighted by Gasteiger charge is -2.28. The van der Waals surface area contributed by atoms with E-state index in [1.807, 2.05) is 0 Å². The topological polar surface area (TPSA) is 95.9 Å². The lowest BCUT2D eigenvalue weighted by molar-refractivity contribution is 0.0696. The Morgan fingerprint density at radius 3 is 2.87 bits per heavy atom. The van der Waals surface area contributed by atoms with Crippen molar-refractivity contribution in [3.8, 4) is 0 Å². The number of hydrogen-bond acceptors (Lipinski definition) is 4. The molecule has 1 aromatic rings. The summed E-state index contributed by atoms with van der Waals surface area (Å²) in [5, 5.41) is 9.13. The molecule has 2 N–H and O–H groups in total. The van der Waals surface area contributed by atoms with Gasteiger partial charge in [-0.3, -0.25) is 0 Å². The van der Waals surface area contributed by atoms with Crippen LogP contribution in [0, 0.1) is 0 Å². The summed E-state index contributed by atoms with van der Waals surface area (Å²) in [6, 6.07) is 4.49. The molecule has 1 unspecified atom stereocenters. The third kappa shape index (κ3) is 4.29. The molecule has 0 fully saturated rings. The Kier molecular flexibility index (Phi) is 5.74. The highest BCUT2D eigenvalue weighted by Gasteiger charge is 2.27. The van der Waals surface area contributed by atoms with Crippen molar-refractivity contribution in [2.24, 2.45) is 0 Å². The van der Waals surface area contributed by atoms with Crippen LogP contribution in [0.15, 0.2) is 18.2 Å². The van der Waals surface area contributed by atoms with Crippen molar-refractivity contribution in [2.75, 3.05) is 27.3 Å². The first kappa shape index (κ1) is 17.9.